The first-order chi connectivity index (χ1) is 13.2. The largest absolute Gasteiger partial charge is 0.310 e. The molecule has 0 atom stereocenters. The van der Waals surface area contributed by atoms with Crippen molar-refractivity contribution in [3.63, 3.8) is 0 Å². The number of benzene rings is 1. The maximum Gasteiger partial charge on any atom is 0.235 e. The summed E-state index contributed by atoms with van der Waals surface area (Å²) in [6, 6.07) is 12.2. The molecule has 0 unspecified atom stereocenters. The average Bonchev–Trinajstić information content (AvgIpc) is 3.42. The van der Waals surface area contributed by atoms with Crippen molar-refractivity contribution in [1.82, 2.24) is 24.5 Å². The molecule has 8 heteroatoms. The minimum atomic E-state index is -0.0657. The molecule has 1 aromatic carbocycles. The van der Waals surface area contributed by atoms with Gasteiger partial charge in [-0.15, -0.1) is 10.2 Å². The lowest BCUT2D eigenvalue weighted by Crippen LogP contribution is -2.19. The van der Waals surface area contributed by atoms with Crippen molar-refractivity contribution < 1.29 is 4.79 Å². The molecule has 0 aliphatic heterocycles. The first-order valence-electron chi connectivity index (χ1n) is 9.13. The number of anilines is 1. The maximum absolute atomic E-state index is 12.4. The van der Waals surface area contributed by atoms with E-state index in [-0.39, 0.29) is 11.7 Å². The molecule has 1 aliphatic rings. The second-order valence-corrected chi connectivity index (χ2v) is 7.61. The second kappa shape index (κ2) is 7.96. The van der Waals surface area contributed by atoms with Gasteiger partial charge in [0.15, 0.2) is 11.0 Å². The van der Waals surface area contributed by atoms with E-state index in [2.05, 4.69) is 20.6 Å². The molecule has 1 aliphatic carbocycles. The normalized spacial score (nSPS) is 14.6. The highest BCUT2D eigenvalue weighted by Crippen LogP contribution is 2.31. The van der Waals surface area contributed by atoms with Gasteiger partial charge in [-0.05, 0) is 12.8 Å². The summed E-state index contributed by atoms with van der Waals surface area (Å²) in [4.78, 5) is 12.4. The molecule has 2 heterocycles. The predicted octanol–water partition coefficient (Wildman–Crippen LogP) is 3.52. The smallest absolute Gasteiger partial charge is 0.235 e. The number of hydrogen-bond acceptors (Lipinski definition) is 5. The lowest BCUT2D eigenvalue weighted by atomic mass is 10.2. The van der Waals surface area contributed by atoms with E-state index in [9.17, 15) is 4.79 Å². The van der Waals surface area contributed by atoms with Crippen molar-refractivity contribution in [2.75, 3.05) is 11.1 Å². The van der Waals surface area contributed by atoms with E-state index in [1.807, 2.05) is 52.7 Å². The fraction of sp³-hybridized carbons (Fsp3) is 0.368. The summed E-state index contributed by atoms with van der Waals surface area (Å²) >= 11 is 1.38. The van der Waals surface area contributed by atoms with Crippen LogP contribution in [0.15, 0.2) is 47.8 Å². The van der Waals surface area contributed by atoms with Crippen molar-refractivity contribution in [3.8, 4) is 11.4 Å². The predicted molar refractivity (Wildman–Crippen MR) is 106 cm³/mol. The Bertz CT molecular complexity index is 913. The summed E-state index contributed by atoms with van der Waals surface area (Å²) in [6.07, 6.45) is 6.45. The van der Waals surface area contributed by atoms with Crippen LogP contribution in [0.3, 0.4) is 0 Å². The zero-order valence-corrected chi connectivity index (χ0v) is 16.0. The van der Waals surface area contributed by atoms with E-state index in [4.69, 9.17) is 0 Å². The zero-order chi connectivity index (χ0) is 18.6. The number of rotatable bonds is 6. The van der Waals surface area contributed by atoms with Crippen molar-refractivity contribution in [2.45, 2.75) is 36.9 Å². The Labute approximate surface area is 162 Å². The fourth-order valence-corrected chi connectivity index (χ4v) is 4.15. The van der Waals surface area contributed by atoms with Gasteiger partial charge in [-0.25, -0.2) is 4.68 Å². The lowest BCUT2D eigenvalue weighted by Gasteiger charge is -2.14. The highest BCUT2D eigenvalue weighted by molar-refractivity contribution is 7.99. The van der Waals surface area contributed by atoms with E-state index in [0.717, 1.165) is 30.0 Å². The molecule has 0 radical (unpaired) electrons. The van der Waals surface area contributed by atoms with Crippen molar-refractivity contribution in [3.05, 3.63) is 42.6 Å². The van der Waals surface area contributed by atoms with Gasteiger partial charge in [0.25, 0.3) is 0 Å². The first-order valence-corrected chi connectivity index (χ1v) is 10.1. The number of carbonyl (C=O) groups excluding carboxylic acids is 1. The van der Waals surface area contributed by atoms with Gasteiger partial charge >= 0.3 is 0 Å². The van der Waals surface area contributed by atoms with Crippen LogP contribution < -0.4 is 5.32 Å². The Balaban J connectivity index is 1.38. The molecular formula is C19H22N6OS. The topological polar surface area (TPSA) is 77.6 Å². The molecule has 140 valence electrons. The van der Waals surface area contributed by atoms with Gasteiger partial charge in [-0.3, -0.25) is 4.79 Å². The number of hydrogen-bond donors (Lipinski definition) is 1. The van der Waals surface area contributed by atoms with Crippen LogP contribution in [0.1, 0.15) is 31.7 Å². The third kappa shape index (κ3) is 3.90. The number of nitrogens with one attached hydrogen (secondary N) is 1. The van der Waals surface area contributed by atoms with Gasteiger partial charge in [-0.1, -0.05) is 54.9 Å². The molecule has 1 saturated carbocycles. The van der Waals surface area contributed by atoms with Gasteiger partial charge in [0.05, 0.1) is 18.0 Å². The molecule has 1 N–H and O–H groups in total. The average molecular weight is 382 g/mol. The van der Waals surface area contributed by atoms with Crippen LogP contribution in [0.2, 0.25) is 0 Å². The Morgan fingerprint density at radius 2 is 1.96 bits per heavy atom. The van der Waals surface area contributed by atoms with Crippen LogP contribution in [0.25, 0.3) is 11.4 Å². The van der Waals surface area contributed by atoms with E-state index >= 15 is 0 Å². The van der Waals surface area contributed by atoms with Crippen LogP contribution in [0.5, 0.6) is 0 Å². The van der Waals surface area contributed by atoms with E-state index < -0.39 is 0 Å². The molecule has 0 spiro atoms. The standard InChI is InChI=1S/C19H22N6OS/c1-24-18(14-7-3-2-4-8-14)22-23-19(24)27-13-17(26)21-16-11-12-20-25(16)15-9-5-6-10-15/h2-4,7-8,11-12,15H,5-6,9-10,13H2,1H3,(H,21,26). The second-order valence-electron chi connectivity index (χ2n) is 6.67. The molecule has 7 nitrogen and oxygen atoms in total. The van der Waals surface area contributed by atoms with Crippen LogP contribution in [0, 0.1) is 0 Å². The third-order valence-corrected chi connectivity index (χ3v) is 5.83. The van der Waals surface area contributed by atoms with Crippen molar-refractivity contribution in [1.29, 1.82) is 0 Å². The monoisotopic (exact) mass is 382 g/mol. The number of aromatic nitrogens is 5. The van der Waals surface area contributed by atoms with Gasteiger partial charge in [-0.2, -0.15) is 5.10 Å². The number of carbonyl (C=O) groups is 1. The van der Waals surface area contributed by atoms with E-state index in [0.29, 0.717) is 11.2 Å². The number of thioether (sulfide) groups is 1. The van der Waals surface area contributed by atoms with Crippen LogP contribution in [0.4, 0.5) is 5.82 Å². The summed E-state index contributed by atoms with van der Waals surface area (Å²) in [5.41, 5.74) is 1.00. The Morgan fingerprint density at radius 3 is 2.74 bits per heavy atom. The molecule has 1 fully saturated rings. The summed E-state index contributed by atoms with van der Waals surface area (Å²) in [6.45, 7) is 0. The fourth-order valence-electron chi connectivity index (χ4n) is 3.44. The minimum Gasteiger partial charge on any atom is -0.310 e. The summed E-state index contributed by atoms with van der Waals surface area (Å²) < 4.78 is 3.86. The van der Waals surface area contributed by atoms with Gasteiger partial charge < -0.3 is 9.88 Å². The molecule has 27 heavy (non-hydrogen) atoms. The molecular weight excluding hydrogens is 360 g/mol. The molecule has 0 saturated heterocycles. The van der Waals surface area contributed by atoms with Gasteiger partial charge in [0.1, 0.15) is 5.82 Å². The highest BCUT2D eigenvalue weighted by atomic mass is 32.2. The Kier molecular flexibility index (Phi) is 5.24. The van der Waals surface area contributed by atoms with Crippen molar-refractivity contribution >= 4 is 23.5 Å². The third-order valence-electron chi connectivity index (χ3n) is 4.81. The van der Waals surface area contributed by atoms with E-state index in [1.165, 1.54) is 24.6 Å². The summed E-state index contributed by atoms with van der Waals surface area (Å²) in [5.74, 6) is 1.77. The van der Waals surface area contributed by atoms with Crippen LogP contribution in [-0.4, -0.2) is 36.2 Å². The van der Waals surface area contributed by atoms with Crippen LogP contribution in [-0.2, 0) is 11.8 Å². The maximum atomic E-state index is 12.4. The zero-order valence-electron chi connectivity index (χ0n) is 15.2. The SMILES string of the molecule is Cn1c(SCC(=O)Nc2ccnn2C2CCCC2)nnc1-c1ccccc1. The molecule has 4 rings (SSSR count). The first kappa shape index (κ1) is 17.8. The lowest BCUT2D eigenvalue weighted by molar-refractivity contribution is -0.113. The summed E-state index contributed by atoms with van der Waals surface area (Å²) in [7, 11) is 1.91. The molecule has 2 aromatic heterocycles. The quantitative estimate of drug-likeness (QED) is 0.660. The molecule has 1 amide bonds. The minimum absolute atomic E-state index is 0.0657. The van der Waals surface area contributed by atoms with E-state index in [1.54, 1.807) is 6.20 Å². The van der Waals surface area contributed by atoms with Crippen LogP contribution >= 0.6 is 11.8 Å². The summed E-state index contributed by atoms with van der Waals surface area (Å²) in [5, 5.41) is 16.6. The molecule has 0 bridgehead atoms. The molecule has 3 aromatic rings. The number of amides is 1. The van der Waals surface area contributed by atoms with Gasteiger partial charge in [0.2, 0.25) is 5.91 Å². The van der Waals surface area contributed by atoms with Gasteiger partial charge in [0, 0.05) is 18.7 Å². The number of nitrogens with zero attached hydrogens (tertiary/aromatic N) is 5. The Morgan fingerprint density at radius 1 is 1.19 bits per heavy atom. The Hall–Kier alpha value is -2.61. The van der Waals surface area contributed by atoms with Crippen molar-refractivity contribution in [2.24, 2.45) is 7.05 Å². The highest BCUT2D eigenvalue weighted by Gasteiger charge is 2.20.